The first-order valence-electron chi connectivity index (χ1n) is 12.0. The topological polar surface area (TPSA) is 62.2 Å². The van der Waals surface area contributed by atoms with Crippen LogP contribution < -0.4 is 9.47 Å². The maximum Gasteiger partial charge on any atom is 0.187 e. The number of phenols is 2. The number of hydrogen-bond acceptors (Lipinski definition) is 5. The van der Waals surface area contributed by atoms with Gasteiger partial charge >= 0.3 is 0 Å². The smallest absolute Gasteiger partial charge is 0.187 e. The van der Waals surface area contributed by atoms with Gasteiger partial charge in [0.05, 0.1) is 0 Å². The second kappa shape index (κ2) is 9.38. The van der Waals surface area contributed by atoms with Crippen LogP contribution >= 0.6 is 0 Å². The second-order valence-electron chi connectivity index (χ2n) is 9.48. The van der Waals surface area contributed by atoms with Crippen LogP contribution in [-0.4, -0.2) is 40.9 Å². The molecule has 3 atom stereocenters. The Bertz CT molecular complexity index is 1190. The molecular weight excluding hydrogens is 452 g/mol. The molecule has 2 heterocycles. The van der Waals surface area contributed by atoms with E-state index >= 15 is 0 Å². The van der Waals surface area contributed by atoms with Crippen molar-refractivity contribution in [2.24, 2.45) is 0 Å². The van der Waals surface area contributed by atoms with E-state index in [0.29, 0.717) is 11.3 Å². The minimum absolute atomic E-state index is 0.0798. The van der Waals surface area contributed by atoms with Crippen molar-refractivity contribution in [2.75, 3.05) is 19.6 Å². The summed E-state index contributed by atoms with van der Waals surface area (Å²) >= 11 is 0. The molecule has 5 nitrogen and oxygen atoms in total. The minimum atomic E-state index is -1.01. The van der Waals surface area contributed by atoms with Gasteiger partial charge in [-0.25, -0.2) is 8.78 Å². The molecule has 184 valence electrons. The van der Waals surface area contributed by atoms with Crippen LogP contribution in [0.3, 0.4) is 0 Å². The lowest BCUT2D eigenvalue weighted by Gasteiger charge is -2.39. The highest BCUT2D eigenvalue weighted by Crippen LogP contribution is 2.52. The molecule has 3 unspecified atom stereocenters. The lowest BCUT2D eigenvalue weighted by Crippen LogP contribution is -2.53. The van der Waals surface area contributed by atoms with E-state index in [1.54, 1.807) is 18.2 Å². The molecule has 0 saturated carbocycles. The third kappa shape index (κ3) is 4.52. The maximum atomic E-state index is 14.3. The fraction of sp³-hybridized carbons (Fsp3) is 0.357. The number of phenolic OH excluding ortho intramolecular Hbond substituents is 2. The number of aromatic hydroxyl groups is 2. The molecule has 1 fully saturated rings. The molecule has 3 aromatic carbocycles. The number of ether oxygens (including phenoxy) is 2. The van der Waals surface area contributed by atoms with Crippen molar-refractivity contribution >= 4 is 0 Å². The predicted octanol–water partition coefficient (Wildman–Crippen LogP) is 5.87. The molecule has 35 heavy (non-hydrogen) atoms. The summed E-state index contributed by atoms with van der Waals surface area (Å²) in [5.41, 5.74) is 2.04. The van der Waals surface area contributed by atoms with E-state index in [2.05, 4.69) is 11.8 Å². The summed E-state index contributed by atoms with van der Waals surface area (Å²) in [5, 5.41) is 19.6. The van der Waals surface area contributed by atoms with Crippen LogP contribution in [0.2, 0.25) is 0 Å². The summed E-state index contributed by atoms with van der Waals surface area (Å²) in [6.07, 6.45) is 0.724. The average Bonchev–Trinajstić information content (AvgIpc) is 2.81. The summed E-state index contributed by atoms with van der Waals surface area (Å²) < 4.78 is 41.0. The molecule has 0 amide bonds. The summed E-state index contributed by atoms with van der Waals surface area (Å²) in [5.74, 6) is -2.25. The Kier molecular flexibility index (Phi) is 6.28. The SMILES string of the molecule is CCCN1CC(Oc2ccc(C3Oc4cc(O)ccc4C(C)C3c3cc(F)c(O)c(F)c3)cc2)C1. The molecule has 0 spiro atoms. The molecule has 0 radical (unpaired) electrons. The van der Waals surface area contributed by atoms with Gasteiger partial charge in [-0.2, -0.15) is 0 Å². The monoisotopic (exact) mass is 481 g/mol. The molecule has 2 aliphatic heterocycles. The maximum absolute atomic E-state index is 14.3. The quantitative estimate of drug-likeness (QED) is 0.461. The summed E-state index contributed by atoms with van der Waals surface area (Å²) in [7, 11) is 0. The molecule has 0 bridgehead atoms. The number of rotatable bonds is 6. The van der Waals surface area contributed by atoms with Gasteiger partial charge in [-0.1, -0.05) is 32.0 Å². The Balaban J connectivity index is 1.45. The van der Waals surface area contributed by atoms with Crippen LogP contribution in [-0.2, 0) is 0 Å². The first-order chi connectivity index (χ1) is 16.8. The van der Waals surface area contributed by atoms with E-state index < -0.39 is 29.4 Å². The number of benzene rings is 3. The van der Waals surface area contributed by atoms with E-state index in [1.807, 2.05) is 31.2 Å². The zero-order valence-electron chi connectivity index (χ0n) is 19.7. The molecule has 1 saturated heterocycles. The standard InChI is InChI=1S/C28H29F2NO4/c1-3-10-31-14-21(15-31)34-20-7-4-17(5-8-20)28-26(18-11-23(29)27(33)24(30)12-18)16(2)22-9-6-19(32)13-25(22)35-28/h4-9,11-13,16,21,26,28,32-33H,3,10,14-15H2,1-2H3. The zero-order chi connectivity index (χ0) is 24.7. The van der Waals surface area contributed by atoms with Gasteiger partial charge in [-0.15, -0.1) is 0 Å². The van der Waals surface area contributed by atoms with E-state index in [4.69, 9.17) is 9.47 Å². The van der Waals surface area contributed by atoms with Crippen LogP contribution in [0, 0.1) is 11.6 Å². The Morgan fingerprint density at radius 2 is 1.66 bits per heavy atom. The Morgan fingerprint density at radius 1 is 0.971 bits per heavy atom. The van der Waals surface area contributed by atoms with Gasteiger partial charge < -0.3 is 19.7 Å². The van der Waals surface area contributed by atoms with Crippen LogP contribution in [0.5, 0.6) is 23.0 Å². The van der Waals surface area contributed by atoms with Crippen LogP contribution in [0.15, 0.2) is 54.6 Å². The molecule has 5 rings (SSSR count). The van der Waals surface area contributed by atoms with Crippen LogP contribution in [0.4, 0.5) is 8.78 Å². The molecule has 3 aromatic rings. The summed E-state index contributed by atoms with van der Waals surface area (Å²) in [6.45, 7) is 7.04. The number of fused-ring (bicyclic) bond motifs is 1. The van der Waals surface area contributed by atoms with E-state index in [9.17, 15) is 19.0 Å². The van der Waals surface area contributed by atoms with Crippen molar-refractivity contribution < 1.29 is 28.5 Å². The highest BCUT2D eigenvalue weighted by atomic mass is 19.1. The van der Waals surface area contributed by atoms with Crippen LogP contribution in [0.25, 0.3) is 0 Å². The number of hydrogen-bond donors (Lipinski definition) is 2. The lowest BCUT2D eigenvalue weighted by molar-refractivity contribution is 0.0202. The predicted molar refractivity (Wildman–Crippen MR) is 128 cm³/mol. The summed E-state index contributed by atoms with van der Waals surface area (Å²) in [4.78, 5) is 2.35. The molecule has 2 aliphatic rings. The molecule has 7 heteroatoms. The van der Waals surface area contributed by atoms with Gasteiger partial charge in [0.25, 0.3) is 0 Å². The average molecular weight is 482 g/mol. The first-order valence-corrected chi connectivity index (χ1v) is 12.0. The van der Waals surface area contributed by atoms with Crippen molar-refractivity contribution in [1.29, 1.82) is 0 Å². The molecular formula is C28H29F2NO4. The van der Waals surface area contributed by atoms with Crippen molar-refractivity contribution in [1.82, 2.24) is 4.90 Å². The number of halogens is 2. The van der Waals surface area contributed by atoms with Gasteiger partial charge in [-0.05, 0) is 65.9 Å². The lowest BCUT2D eigenvalue weighted by atomic mass is 9.75. The normalized spacial score (nSPS) is 22.2. The second-order valence-corrected chi connectivity index (χ2v) is 9.48. The molecule has 0 aromatic heterocycles. The van der Waals surface area contributed by atoms with E-state index in [0.717, 1.165) is 55.1 Å². The van der Waals surface area contributed by atoms with Crippen molar-refractivity contribution in [3.8, 4) is 23.0 Å². The highest BCUT2D eigenvalue weighted by molar-refractivity contribution is 5.48. The third-order valence-corrected chi connectivity index (χ3v) is 7.01. The fourth-order valence-corrected chi connectivity index (χ4v) is 5.21. The van der Waals surface area contributed by atoms with Gasteiger partial charge in [0.2, 0.25) is 0 Å². The van der Waals surface area contributed by atoms with Gasteiger partial charge in [0, 0.05) is 25.1 Å². The van der Waals surface area contributed by atoms with Gasteiger partial charge in [-0.3, -0.25) is 4.90 Å². The Hall–Kier alpha value is -3.32. The van der Waals surface area contributed by atoms with Gasteiger partial charge in [0.15, 0.2) is 17.4 Å². The summed E-state index contributed by atoms with van der Waals surface area (Å²) in [6, 6.07) is 14.8. The highest BCUT2D eigenvalue weighted by Gasteiger charge is 2.39. The largest absolute Gasteiger partial charge is 0.508 e. The minimum Gasteiger partial charge on any atom is -0.508 e. The zero-order valence-corrected chi connectivity index (χ0v) is 19.7. The number of nitrogens with zero attached hydrogens (tertiary/aromatic N) is 1. The number of likely N-dealkylation sites (tertiary alicyclic amines) is 1. The fourth-order valence-electron chi connectivity index (χ4n) is 5.21. The van der Waals surface area contributed by atoms with Crippen molar-refractivity contribution in [3.63, 3.8) is 0 Å². The van der Waals surface area contributed by atoms with E-state index in [-0.39, 0.29) is 17.8 Å². The third-order valence-electron chi connectivity index (χ3n) is 7.01. The Morgan fingerprint density at radius 3 is 2.31 bits per heavy atom. The Labute approximate surface area is 203 Å². The molecule has 0 aliphatic carbocycles. The van der Waals surface area contributed by atoms with Crippen LogP contribution in [0.1, 0.15) is 54.9 Å². The molecule has 2 N–H and O–H groups in total. The first kappa shape index (κ1) is 23.4. The van der Waals surface area contributed by atoms with Gasteiger partial charge in [0.1, 0.15) is 29.5 Å². The van der Waals surface area contributed by atoms with Crippen molar-refractivity contribution in [2.45, 2.75) is 44.3 Å². The van der Waals surface area contributed by atoms with E-state index in [1.165, 1.54) is 0 Å². The van der Waals surface area contributed by atoms with Crippen molar-refractivity contribution in [3.05, 3.63) is 82.9 Å².